The molecule has 9 heteroatoms. The topological polar surface area (TPSA) is 88.6 Å². The molecule has 0 bridgehead atoms. The first kappa shape index (κ1) is 64.6. The normalized spacial score (nSPS) is 11.8. The fraction of sp³-hybridized carbons (Fsp3) is 0.879. The standard InChI is InChI=1S/C58H111N3O6/c1-7-9-11-13-15-17-19-21-23-25-27-29-31-33-39-47-56(62)65-53-41-35-37-45-55(67-58(64)61(51-43-49-59(3)4)52-44-50-60(5)6)46-38-36-42-54-66-57(63)48-40-34-32-30-28-26-24-22-20-18-16-14-12-10-8-2/h21-24,55H,7-20,25-54H2,1-6H3/b23-21+,24-22+. The quantitative estimate of drug-likeness (QED) is 0.0258. The minimum Gasteiger partial charge on any atom is -0.466 e. The average Bonchev–Trinajstić information content (AvgIpc) is 3.30. The Morgan fingerprint density at radius 3 is 1.07 bits per heavy atom. The van der Waals surface area contributed by atoms with E-state index in [1.54, 1.807) is 0 Å². The highest BCUT2D eigenvalue weighted by Crippen LogP contribution is 2.18. The third kappa shape index (κ3) is 49.8. The molecule has 0 spiro atoms. The maximum absolute atomic E-state index is 13.6. The van der Waals surface area contributed by atoms with Crippen molar-refractivity contribution >= 4 is 18.0 Å². The van der Waals surface area contributed by atoms with Crippen LogP contribution in [0.3, 0.4) is 0 Å². The number of hydrogen-bond acceptors (Lipinski definition) is 8. The molecule has 0 N–H and O–H groups in total. The molecule has 0 aliphatic heterocycles. The summed E-state index contributed by atoms with van der Waals surface area (Å²) in [6.45, 7) is 8.65. The van der Waals surface area contributed by atoms with E-state index in [9.17, 15) is 14.4 Å². The Morgan fingerprint density at radius 2 is 0.716 bits per heavy atom. The zero-order chi connectivity index (χ0) is 49.1. The predicted octanol–water partition coefficient (Wildman–Crippen LogP) is 16.0. The van der Waals surface area contributed by atoms with Crippen molar-refractivity contribution in [2.45, 2.75) is 264 Å². The smallest absolute Gasteiger partial charge is 0.410 e. The van der Waals surface area contributed by atoms with Gasteiger partial charge in [0.2, 0.25) is 0 Å². The van der Waals surface area contributed by atoms with Gasteiger partial charge in [0.25, 0.3) is 0 Å². The summed E-state index contributed by atoms with van der Waals surface area (Å²) in [7, 11) is 8.25. The minimum atomic E-state index is -0.211. The highest BCUT2D eigenvalue weighted by atomic mass is 16.6. The largest absolute Gasteiger partial charge is 0.466 e. The summed E-state index contributed by atoms with van der Waals surface area (Å²) in [5.41, 5.74) is 0. The first-order valence-electron chi connectivity index (χ1n) is 28.6. The molecule has 67 heavy (non-hydrogen) atoms. The number of esters is 2. The Hall–Kier alpha value is -2.39. The van der Waals surface area contributed by atoms with Gasteiger partial charge in [0.05, 0.1) is 13.2 Å². The summed E-state index contributed by atoms with van der Waals surface area (Å²) < 4.78 is 17.4. The van der Waals surface area contributed by atoms with Crippen molar-refractivity contribution in [1.82, 2.24) is 14.7 Å². The lowest BCUT2D eigenvalue weighted by Gasteiger charge is -2.27. The van der Waals surface area contributed by atoms with Crippen LogP contribution in [0, 0.1) is 0 Å². The van der Waals surface area contributed by atoms with Crippen molar-refractivity contribution in [3.63, 3.8) is 0 Å². The lowest BCUT2D eigenvalue weighted by molar-refractivity contribution is -0.144. The number of hydrogen-bond donors (Lipinski definition) is 0. The van der Waals surface area contributed by atoms with Crippen molar-refractivity contribution in [3.05, 3.63) is 24.3 Å². The number of allylic oxidation sites excluding steroid dienone is 4. The molecule has 0 aliphatic carbocycles. The third-order valence-electron chi connectivity index (χ3n) is 12.7. The van der Waals surface area contributed by atoms with Crippen molar-refractivity contribution in [2.24, 2.45) is 0 Å². The van der Waals surface area contributed by atoms with Crippen LogP contribution in [0.25, 0.3) is 0 Å². The second-order valence-electron chi connectivity index (χ2n) is 20.1. The number of rotatable bonds is 51. The summed E-state index contributed by atoms with van der Waals surface area (Å²) in [6, 6.07) is 0. The van der Waals surface area contributed by atoms with Gasteiger partial charge >= 0.3 is 18.0 Å². The molecule has 0 heterocycles. The second kappa shape index (κ2) is 51.5. The number of amides is 1. The Bertz CT molecular complexity index is 1070. The van der Waals surface area contributed by atoms with Crippen LogP contribution in [-0.2, 0) is 23.8 Å². The highest BCUT2D eigenvalue weighted by molar-refractivity contribution is 5.69. The van der Waals surface area contributed by atoms with Gasteiger partial charge in [-0.2, -0.15) is 0 Å². The van der Waals surface area contributed by atoms with Crippen LogP contribution in [0.4, 0.5) is 4.79 Å². The monoisotopic (exact) mass is 946 g/mol. The number of unbranched alkanes of at least 4 members (excludes halogenated alkanes) is 26. The van der Waals surface area contributed by atoms with E-state index < -0.39 is 0 Å². The van der Waals surface area contributed by atoms with Gasteiger partial charge in [-0.25, -0.2) is 4.79 Å². The van der Waals surface area contributed by atoms with Crippen LogP contribution < -0.4 is 0 Å². The fourth-order valence-corrected chi connectivity index (χ4v) is 8.43. The number of nitrogens with zero attached hydrogens (tertiary/aromatic N) is 3. The van der Waals surface area contributed by atoms with E-state index in [4.69, 9.17) is 14.2 Å². The van der Waals surface area contributed by atoms with Crippen molar-refractivity contribution < 1.29 is 28.6 Å². The van der Waals surface area contributed by atoms with Gasteiger partial charge in [0.1, 0.15) is 6.10 Å². The van der Waals surface area contributed by atoms with Crippen LogP contribution in [0.5, 0.6) is 0 Å². The van der Waals surface area contributed by atoms with Gasteiger partial charge in [-0.15, -0.1) is 0 Å². The van der Waals surface area contributed by atoms with E-state index in [1.807, 2.05) is 4.90 Å². The average molecular weight is 947 g/mol. The van der Waals surface area contributed by atoms with Crippen LogP contribution in [0.1, 0.15) is 258 Å². The Balaban J connectivity index is 4.47. The van der Waals surface area contributed by atoms with Gasteiger partial charge in [0.15, 0.2) is 0 Å². The van der Waals surface area contributed by atoms with Gasteiger partial charge < -0.3 is 28.9 Å². The maximum atomic E-state index is 13.6. The molecule has 0 rings (SSSR count). The van der Waals surface area contributed by atoms with E-state index in [-0.39, 0.29) is 24.1 Å². The van der Waals surface area contributed by atoms with Crippen LogP contribution >= 0.6 is 0 Å². The molecule has 0 atom stereocenters. The summed E-state index contributed by atoms with van der Waals surface area (Å²) in [5, 5.41) is 0. The van der Waals surface area contributed by atoms with E-state index in [0.29, 0.717) is 39.1 Å². The van der Waals surface area contributed by atoms with Gasteiger partial charge in [-0.3, -0.25) is 9.59 Å². The molecular weight excluding hydrogens is 835 g/mol. The number of ether oxygens (including phenoxy) is 3. The molecule has 0 fully saturated rings. The van der Waals surface area contributed by atoms with E-state index in [2.05, 4.69) is 76.1 Å². The highest BCUT2D eigenvalue weighted by Gasteiger charge is 2.20. The van der Waals surface area contributed by atoms with Crippen LogP contribution in [-0.4, -0.2) is 106 Å². The molecule has 0 aliphatic rings. The Labute approximate surface area is 415 Å². The van der Waals surface area contributed by atoms with Crippen LogP contribution in [0.15, 0.2) is 24.3 Å². The SMILES string of the molecule is CCCCCCCC/C=C/CCCCCCCC(=O)OCCCCCC(CCCCCOC(=O)CCCCCCC/C=C/CCCCCCCC)OC(=O)N(CCCN(C)C)CCCN(C)C. The molecule has 0 unspecified atom stereocenters. The Kier molecular flexibility index (Phi) is 49.6. The summed E-state index contributed by atoms with van der Waals surface area (Å²) in [4.78, 5) is 44.5. The lowest BCUT2D eigenvalue weighted by atomic mass is 10.0. The number of carbonyl (C=O) groups is 3. The first-order chi connectivity index (χ1) is 32.7. The molecule has 0 saturated heterocycles. The zero-order valence-corrected chi connectivity index (χ0v) is 45.3. The minimum absolute atomic E-state index is 0.0817. The third-order valence-corrected chi connectivity index (χ3v) is 12.7. The van der Waals surface area contributed by atoms with Gasteiger partial charge in [-0.1, -0.05) is 141 Å². The molecule has 9 nitrogen and oxygen atoms in total. The van der Waals surface area contributed by atoms with Crippen LogP contribution in [0.2, 0.25) is 0 Å². The van der Waals surface area contributed by atoms with Crippen molar-refractivity contribution in [3.8, 4) is 0 Å². The van der Waals surface area contributed by atoms with E-state index >= 15 is 0 Å². The molecule has 1 amide bonds. The van der Waals surface area contributed by atoms with E-state index in [0.717, 1.165) is 103 Å². The molecule has 0 aromatic rings. The molecule has 0 radical (unpaired) electrons. The van der Waals surface area contributed by atoms with Gasteiger partial charge in [-0.05, 0) is 170 Å². The van der Waals surface area contributed by atoms with Gasteiger partial charge in [0, 0.05) is 25.9 Å². The number of carbonyl (C=O) groups excluding carboxylic acids is 3. The van der Waals surface area contributed by atoms with Crippen molar-refractivity contribution in [1.29, 1.82) is 0 Å². The summed E-state index contributed by atoms with van der Waals surface area (Å²) in [6.07, 6.45) is 51.2. The molecule has 0 aromatic heterocycles. The maximum Gasteiger partial charge on any atom is 0.410 e. The fourth-order valence-electron chi connectivity index (χ4n) is 8.43. The molecule has 0 saturated carbocycles. The lowest BCUT2D eigenvalue weighted by Crippen LogP contribution is -2.37. The second-order valence-corrected chi connectivity index (χ2v) is 20.1. The predicted molar refractivity (Wildman–Crippen MR) is 286 cm³/mol. The van der Waals surface area contributed by atoms with E-state index in [1.165, 1.54) is 141 Å². The Morgan fingerprint density at radius 1 is 0.388 bits per heavy atom. The summed E-state index contributed by atoms with van der Waals surface area (Å²) >= 11 is 0. The molecule has 0 aromatic carbocycles. The molecule has 394 valence electrons. The zero-order valence-electron chi connectivity index (χ0n) is 45.3. The van der Waals surface area contributed by atoms with Crippen molar-refractivity contribution in [2.75, 3.05) is 67.6 Å². The summed E-state index contributed by atoms with van der Waals surface area (Å²) in [5.74, 6) is -0.163. The molecular formula is C58H111N3O6. The first-order valence-corrected chi connectivity index (χ1v) is 28.6.